The van der Waals surface area contributed by atoms with E-state index in [9.17, 15) is 0 Å². The van der Waals surface area contributed by atoms with Crippen LogP contribution in [0.5, 0.6) is 5.75 Å². The van der Waals surface area contributed by atoms with Crippen molar-refractivity contribution in [3.63, 3.8) is 0 Å². The Morgan fingerprint density at radius 3 is 2.79 bits per heavy atom. The highest BCUT2D eigenvalue weighted by Crippen LogP contribution is 2.27. The van der Waals surface area contributed by atoms with Crippen molar-refractivity contribution in [1.29, 1.82) is 0 Å². The molecule has 3 rings (SSSR count). The summed E-state index contributed by atoms with van der Waals surface area (Å²) in [4.78, 5) is 0. The van der Waals surface area contributed by atoms with Gasteiger partial charge in [0, 0.05) is 11.6 Å². The second-order valence-electron chi connectivity index (χ2n) is 4.85. The molecular weight excluding hydrogens is 234 g/mol. The number of hydrogen-bond donors (Lipinski definition) is 0. The van der Waals surface area contributed by atoms with Crippen molar-refractivity contribution >= 4 is 11.9 Å². The van der Waals surface area contributed by atoms with Crippen LogP contribution in [-0.2, 0) is 6.42 Å². The highest BCUT2D eigenvalue weighted by molar-refractivity contribution is 5.82. The summed E-state index contributed by atoms with van der Waals surface area (Å²) in [5.74, 6) is 1.01. The number of para-hydroxylation sites is 2. The summed E-state index contributed by atoms with van der Waals surface area (Å²) in [6.07, 6.45) is 3.21. The Labute approximate surface area is 114 Å². The Balaban J connectivity index is 2.08. The molecule has 0 bridgehead atoms. The Hall–Kier alpha value is -2.09. The van der Waals surface area contributed by atoms with Gasteiger partial charge < -0.3 is 4.74 Å². The fourth-order valence-electron chi connectivity index (χ4n) is 2.54. The molecule has 1 aliphatic heterocycles. The first-order chi connectivity index (χ1) is 9.29. The predicted molar refractivity (Wildman–Crippen MR) is 77.6 cm³/mol. The van der Waals surface area contributed by atoms with Gasteiger partial charge in [-0.15, -0.1) is 0 Å². The van der Waals surface area contributed by atoms with E-state index in [1.54, 1.807) is 0 Å². The maximum atomic E-state index is 5.92. The number of ether oxygens (including phenoxy) is 1. The molecule has 2 heteroatoms. The Bertz CT molecular complexity index is 643. The van der Waals surface area contributed by atoms with E-state index in [0.717, 1.165) is 17.7 Å². The number of nitrogens with zero attached hydrogens (tertiary/aromatic N) is 1. The van der Waals surface area contributed by atoms with Crippen LogP contribution in [-0.4, -0.2) is 17.5 Å². The molecule has 1 heterocycles. The second kappa shape index (κ2) is 4.88. The van der Waals surface area contributed by atoms with Gasteiger partial charge in [0.05, 0.1) is 5.56 Å². The van der Waals surface area contributed by atoms with Gasteiger partial charge in [0.15, 0.2) is 6.21 Å². The number of fused-ring (bicyclic) bond motifs is 1. The highest BCUT2D eigenvalue weighted by atomic mass is 16.5. The first kappa shape index (κ1) is 12.0. The normalized spacial score (nSPS) is 13.5. The van der Waals surface area contributed by atoms with Crippen LogP contribution < -0.4 is 4.74 Å². The van der Waals surface area contributed by atoms with Gasteiger partial charge >= 0.3 is 0 Å². The maximum absolute atomic E-state index is 5.92. The summed E-state index contributed by atoms with van der Waals surface area (Å²) < 4.78 is 8.10. The highest BCUT2D eigenvalue weighted by Gasteiger charge is 2.21. The van der Waals surface area contributed by atoms with Crippen molar-refractivity contribution in [1.82, 2.24) is 0 Å². The van der Waals surface area contributed by atoms with Gasteiger partial charge in [-0.2, -0.15) is 4.58 Å². The molecule has 1 aliphatic rings. The Morgan fingerprint density at radius 1 is 1.11 bits per heavy atom. The van der Waals surface area contributed by atoms with Crippen LogP contribution >= 0.6 is 0 Å². The quantitative estimate of drug-likeness (QED) is 0.743. The van der Waals surface area contributed by atoms with E-state index in [-0.39, 0.29) is 0 Å². The van der Waals surface area contributed by atoms with Gasteiger partial charge in [0.1, 0.15) is 5.75 Å². The molecule has 0 saturated heterocycles. The van der Waals surface area contributed by atoms with Crippen LogP contribution in [0, 0.1) is 6.92 Å². The molecule has 2 nitrogen and oxygen atoms in total. The third kappa shape index (κ3) is 2.14. The maximum Gasteiger partial charge on any atom is 0.292 e. The predicted octanol–water partition coefficient (Wildman–Crippen LogP) is 3.67. The molecule has 2 aromatic carbocycles. The fraction of sp³-hybridized carbons (Fsp3) is 0.235. The summed E-state index contributed by atoms with van der Waals surface area (Å²) in [6.45, 7) is 4.85. The molecule has 0 N–H and O–H groups in total. The molecule has 0 fully saturated rings. The van der Waals surface area contributed by atoms with Crippen molar-refractivity contribution in [2.45, 2.75) is 20.3 Å². The lowest BCUT2D eigenvalue weighted by atomic mass is 10.1. The first-order valence-corrected chi connectivity index (χ1v) is 6.71. The van der Waals surface area contributed by atoms with Crippen LogP contribution in [0.4, 0.5) is 5.69 Å². The van der Waals surface area contributed by atoms with Crippen molar-refractivity contribution < 1.29 is 9.31 Å². The van der Waals surface area contributed by atoms with E-state index >= 15 is 0 Å². The third-order valence-corrected chi connectivity index (χ3v) is 3.57. The Kier molecular flexibility index (Phi) is 3.08. The van der Waals surface area contributed by atoms with Crippen LogP contribution in [0.15, 0.2) is 42.5 Å². The van der Waals surface area contributed by atoms with Gasteiger partial charge in [0.2, 0.25) is 5.69 Å². The fourth-order valence-corrected chi connectivity index (χ4v) is 2.54. The van der Waals surface area contributed by atoms with E-state index in [1.807, 2.05) is 0 Å². The smallest absolute Gasteiger partial charge is 0.292 e. The van der Waals surface area contributed by atoms with Gasteiger partial charge in [-0.3, -0.25) is 0 Å². The SMILES string of the molecule is CCc1ccccc1[N+]1=Cc2cccc(C)c2OC1. The molecule has 0 aromatic heterocycles. The zero-order valence-corrected chi connectivity index (χ0v) is 11.4. The summed E-state index contributed by atoms with van der Waals surface area (Å²) in [5.41, 5.74) is 4.92. The molecule has 0 atom stereocenters. The molecule has 0 aliphatic carbocycles. The summed E-state index contributed by atoms with van der Waals surface area (Å²) in [7, 11) is 0. The number of rotatable bonds is 2. The van der Waals surface area contributed by atoms with Crippen LogP contribution in [0.25, 0.3) is 0 Å². The molecule has 19 heavy (non-hydrogen) atoms. The molecule has 0 unspecified atom stereocenters. The lowest BCUT2D eigenvalue weighted by Gasteiger charge is -2.16. The molecular formula is C17H18NO+. The monoisotopic (exact) mass is 252 g/mol. The van der Waals surface area contributed by atoms with Gasteiger partial charge in [0.25, 0.3) is 6.73 Å². The second-order valence-corrected chi connectivity index (χ2v) is 4.85. The van der Waals surface area contributed by atoms with Crippen LogP contribution in [0.1, 0.15) is 23.6 Å². The van der Waals surface area contributed by atoms with Crippen molar-refractivity contribution in [2.75, 3.05) is 6.73 Å². The van der Waals surface area contributed by atoms with E-state index < -0.39 is 0 Å². The van der Waals surface area contributed by atoms with Gasteiger partial charge in [-0.25, -0.2) is 0 Å². The molecule has 2 aromatic rings. The topological polar surface area (TPSA) is 12.2 Å². The van der Waals surface area contributed by atoms with Gasteiger partial charge in [-0.05, 0) is 25.0 Å². The average molecular weight is 252 g/mol. The van der Waals surface area contributed by atoms with E-state index in [4.69, 9.17) is 4.74 Å². The zero-order valence-electron chi connectivity index (χ0n) is 11.4. The lowest BCUT2D eigenvalue weighted by Crippen LogP contribution is -2.21. The minimum Gasteiger partial charge on any atom is -0.435 e. The summed E-state index contributed by atoms with van der Waals surface area (Å²) in [5, 5.41) is 0. The van der Waals surface area contributed by atoms with E-state index in [2.05, 4.69) is 67.1 Å². The van der Waals surface area contributed by atoms with Crippen LogP contribution in [0.3, 0.4) is 0 Å². The molecule has 0 amide bonds. The minimum absolute atomic E-state index is 0.578. The van der Waals surface area contributed by atoms with Crippen molar-refractivity contribution in [3.8, 4) is 5.75 Å². The Morgan fingerprint density at radius 2 is 1.95 bits per heavy atom. The molecule has 0 saturated carbocycles. The minimum atomic E-state index is 0.578. The van der Waals surface area contributed by atoms with Crippen LogP contribution in [0.2, 0.25) is 0 Å². The lowest BCUT2D eigenvalue weighted by molar-refractivity contribution is -0.476. The van der Waals surface area contributed by atoms with Crippen molar-refractivity contribution in [2.24, 2.45) is 0 Å². The molecule has 0 spiro atoms. The standard InChI is InChI=1S/C17H18NO/c1-3-14-8-4-5-10-16(14)18-11-15-9-6-7-13(2)17(15)19-12-18/h4-11H,3,12H2,1-2H3/q+1. The molecule has 0 radical (unpaired) electrons. The third-order valence-electron chi connectivity index (χ3n) is 3.57. The first-order valence-electron chi connectivity index (χ1n) is 6.71. The number of benzene rings is 2. The number of hydrogen-bond acceptors (Lipinski definition) is 1. The van der Waals surface area contributed by atoms with Gasteiger partial charge in [-0.1, -0.05) is 37.3 Å². The van der Waals surface area contributed by atoms with Crippen molar-refractivity contribution in [3.05, 3.63) is 59.2 Å². The van der Waals surface area contributed by atoms with E-state index in [0.29, 0.717) is 6.73 Å². The summed E-state index contributed by atoms with van der Waals surface area (Å²) >= 11 is 0. The molecule has 96 valence electrons. The summed E-state index contributed by atoms with van der Waals surface area (Å²) in [6, 6.07) is 14.8. The largest absolute Gasteiger partial charge is 0.435 e. The average Bonchev–Trinajstić information content (AvgIpc) is 2.47. The zero-order chi connectivity index (χ0) is 13.2. The number of aryl methyl sites for hydroxylation is 2. The van der Waals surface area contributed by atoms with E-state index in [1.165, 1.54) is 16.8 Å².